The van der Waals surface area contributed by atoms with E-state index in [-0.39, 0.29) is 0 Å². The van der Waals surface area contributed by atoms with Crippen molar-refractivity contribution in [2.45, 2.75) is 0 Å². The van der Waals surface area contributed by atoms with E-state index in [1.165, 1.54) is 66.1 Å². The van der Waals surface area contributed by atoms with Crippen LogP contribution in [0.2, 0.25) is 0 Å². The number of halogens is 1. The fourth-order valence-corrected chi connectivity index (χ4v) is 10.0. The Morgan fingerprint density at radius 1 is 0.299 bits per heavy atom. The van der Waals surface area contributed by atoms with E-state index in [1.807, 2.05) is 57.7 Å². The number of rotatable bonds is 9. The summed E-state index contributed by atoms with van der Waals surface area (Å²) in [6.07, 6.45) is 4.14. The minimum Gasteiger partial charge on any atom is -0.356 e. The Balaban J connectivity index is 0.000000130. The van der Waals surface area contributed by atoms with Crippen molar-refractivity contribution in [1.82, 2.24) is 19.2 Å². The maximum Gasteiger partial charge on any atom is 0.160 e. The molecule has 4 heterocycles. The van der Waals surface area contributed by atoms with Gasteiger partial charge in [-0.15, -0.1) is 5.10 Å². The second kappa shape index (κ2) is 22.3. The Kier molecular flexibility index (Phi) is 14.0. The van der Waals surface area contributed by atoms with Gasteiger partial charge in [-0.1, -0.05) is 218 Å². The minimum absolute atomic E-state index is 0.868. The van der Waals surface area contributed by atoms with Crippen molar-refractivity contribution in [3.05, 3.63) is 308 Å². The van der Waals surface area contributed by atoms with Gasteiger partial charge in [-0.25, -0.2) is 9.03 Å². The summed E-state index contributed by atoms with van der Waals surface area (Å²) in [5.41, 5.74) is 16.2. The van der Waals surface area contributed by atoms with Crippen LogP contribution in [0.5, 0.6) is 0 Å². The summed E-state index contributed by atoms with van der Waals surface area (Å²) in [7, 11) is 0. The zero-order chi connectivity index (χ0) is 51.8. The van der Waals surface area contributed by atoms with Gasteiger partial charge < -0.3 is 5.32 Å². The Labute approximate surface area is 456 Å². The molecule has 0 saturated carbocycles. The lowest BCUT2D eigenvalue weighted by Gasteiger charge is -2.23. The van der Waals surface area contributed by atoms with Crippen molar-refractivity contribution in [3.8, 4) is 44.5 Å². The highest BCUT2D eigenvalue weighted by Crippen LogP contribution is 2.37. The van der Waals surface area contributed by atoms with E-state index >= 15 is 0 Å². The maximum atomic E-state index is 5.02. The van der Waals surface area contributed by atoms with Crippen LogP contribution in [0.1, 0.15) is 0 Å². The number of benzene rings is 10. The molecule has 0 amide bonds. The summed E-state index contributed by atoms with van der Waals surface area (Å²) >= 11 is 3.37. The topological polar surface area (TPSA) is 49.9 Å². The highest BCUT2D eigenvalue weighted by Gasteiger charge is 2.17. The minimum atomic E-state index is 0.868. The number of aromatic nitrogens is 4. The van der Waals surface area contributed by atoms with Gasteiger partial charge in [0.2, 0.25) is 0 Å². The van der Waals surface area contributed by atoms with Gasteiger partial charge in [0.15, 0.2) is 5.82 Å². The zero-order valence-corrected chi connectivity index (χ0v) is 43.6. The first-order chi connectivity index (χ1) is 38.0. The van der Waals surface area contributed by atoms with Gasteiger partial charge in [0.25, 0.3) is 0 Å². The second-order valence-electron chi connectivity index (χ2n) is 18.7. The van der Waals surface area contributed by atoms with E-state index in [1.54, 1.807) is 0 Å². The fourth-order valence-electron chi connectivity index (χ4n) is 9.61. The van der Waals surface area contributed by atoms with Crippen molar-refractivity contribution >= 4 is 77.1 Å². The molecular weight excluding hydrogens is 1000 g/mol. The molecule has 4 aromatic heterocycles. The van der Waals surface area contributed by atoms with Crippen molar-refractivity contribution in [2.24, 2.45) is 0 Å². The molecule has 1 N–H and O–H groups in total. The van der Waals surface area contributed by atoms with Crippen LogP contribution >= 0.6 is 15.9 Å². The Morgan fingerprint density at radius 3 is 1.00 bits per heavy atom. The molecule has 368 valence electrons. The molecule has 14 rings (SSSR count). The molecule has 77 heavy (non-hydrogen) atoms. The van der Waals surface area contributed by atoms with Crippen molar-refractivity contribution < 1.29 is 0 Å². The van der Waals surface area contributed by atoms with Gasteiger partial charge in [0, 0.05) is 52.0 Å². The predicted octanol–water partition coefficient (Wildman–Crippen LogP) is 19.3. The van der Waals surface area contributed by atoms with E-state index in [0.29, 0.717) is 0 Å². The molecule has 10 aromatic carbocycles. The average Bonchev–Trinajstić information content (AvgIpc) is 4.10. The number of anilines is 5. The van der Waals surface area contributed by atoms with Crippen LogP contribution in [0.3, 0.4) is 0 Å². The van der Waals surface area contributed by atoms with Crippen LogP contribution in [-0.4, -0.2) is 19.2 Å². The number of hydrogen-bond donors (Lipinski definition) is 1. The highest BCUT2D eigenvalue weighted by atomic mass is 79.9. The molecule has 0 atom stereocenters. The summed E-state index contributed by atoms with van der Waals surface area (Å²) in [6, 6.07) is 101. The lowest BCUT2D eigenvalue weighted by Crippen LogP contribution is -2.10. The number of nitrogens with zero attached hydrogens (tertiary/aromatic N) is 5. The van der Waals surface area contributed by atoms with Crippen molar-refractivity contribution in [2.75, 3.05) is 10.2 Å². The smallest absolute Gasteiger partial charge is 0.160 e. The molecular formula is C70H51BrN6. The third-order valence-electron chi connectivity index (χ3n) is 13.6. The first-order valence-corrected chi connectivity index (χ1v) is 26.4. The zero-order valence-electron chi connectivity index (χ0n) is 42.0. The van der Waals surface area contributed by atoms with Gasteiger partial charge >= 0.3 is 0 Å². The van der Waals surface area contributed by atoms with Gasteiger partial charge in [0.05, 0.1) is 11.0 Å². The maximum absolute atomic E-state index is 5.02. The molecule has 0 radical (unpaired) electrons. The Bertz CT molecular complexity index is 3930. The lowest BCUT2D eigenvalue weighted by atomic mass is 10.0. The molecule has 7 heteroatoms. The average molecular weight is 1060 g/mol. The fraction of sp³-hybridized carbons (Fsp3) is 0. The van der Waals surface area contributed by atoms with E-state index < -0.39 is 0 Å². The predicted molar refractivity (Wildman–Crippen MR) is 326 cm³/mol. The van der Waals surface area contributed by atoms with Crippen LogP contribution < -0.4 is 10.2 Å². The number of hydrogen-bond acceptors (Lipinski definition) is 4. The van der Waals surface area contributed by atoms with Crippen LogP contribution in [0.25, 0.3) is 77.1 Å². The van der Waals surface area contributed by atoms with E-state index in [4.69, 9.17) is 5.10 Å². The molecule has 0 unspecified atom stereocenters. The molecule has 0 aliphatic heterocycles. The second-order valence-corrected chi connectivity index (χ2v) is 19.5. The molecule has 0 saturated heterocycles. The quantitative estimate of drug-likeness (QED) is 0.156. The largest absolute Gasteiger partial charge is 0.356 e. The number of fused-ring (bicyclic) bond motifs is 4. The van der Waals surface area contributed by atoms with Crippen LogP contribution in [0.4, 0.5) is 28.6 Å². The lowest BCUT2D eigenvalue weighted by molar-refractivity contribution is 0.955. The third-order valence-corrected chi connectivity index (χ3v) is 14.0. The van der Waals surface area contributed by atoms with Crippen molar-refractivity contribution in [1.29, 1.82) is 0 Å². The highest BCUT2D eigenvalue weighted by molar-refractivity contribution is 9.10. The summed E-state index contributed by atoms with van der Waals surface area (Å²) in [5, 5.41) is 17.6. The SMILES string of the molecule is Brc1cc2cc3ccccc3cn2n1.c1ccc(-c2ccc(N(c3ccc(-c4ccccc4)cc3)c3cc4cc5ccccc5cn4n3)cc2)cc1.c1ccc(-c2ccc(Nc3ccc(-c4ccccc4)cc3)cc2)cc1. The molecule has 6 nitrogen and oxygen atoms in total. The number of pyridine rings is 2. The molecule has 0 aliphatic carbocycles. The summed E-state index contributed by atoms with van der Waals surface area (Å²) in [5.74, 6) is 0.875. The Hall–Kier alpha value is -9.82. The summed E-state index contributed by atoms with van der Waals surface area (Å²) in [6.45, 7) is 0. The van der Waals surface area contributed by atoms with E-state index in [9.17, 15) is 0 Å². The molecule has 0 aliphatic rings. The van der Waals surface area contributed by atoms with Crippen LogP contribution in [-0.2, 0) is 0 Å². The first kappa shape index (κ1) is 48.1. The molecule has 0 spiro atoms. The normalized spacial score (nSPS) is 10.9. The standard InChI is InChI=1S/C35H25N3.C24H19N.C11H7BrN2/c1-3-9-26(10-4-1)28-15-19-32(20-16-28)38(33-21-17-29(18-22-33)27-11-5-2-6-12-27)35-24-34-23-30-13-7-8-14-31(30)25-37(34)36-35;1-3-7-19(8-4-1)21-11-15-23(16-12-21)25-24-17-13-22(14-18-24)20-9-5-2-6-10-20;12-11-6-10-5-8-3-1-2-4-9(8)7-14(10)13-11/h1-25H;1-18,25H;1-7H. The monoisotopic (exact) mass is 1050 g/mol. The summed E-state index contributed by atoms with van der Waals surface area (Å²) in [4.78, 5) is 2.22. The number of nitrogens with one attached hydrogen (secondary N) is 1. The van der Waals surface area contributed by atoms with Crippen LogP contribution in [0.15, 0.2) is 308 Å². The molecule has 14 aromatic rings. The van der Waals surface area contributed by atoms with Gasteiger partial charge in [-0.3, -0.25) is 4.90 Å². The third kappa shape index (κ3) is 11.2. The molecule has 0 fully saturated rings. The van der Waals surface area contributed by atoms with Gasteiger partial charge in [0.1, 0.15) is 4.60 Å². The first-order valence-electron chi connectivity index (χ1n) is 25.6. The molecule has 0 bridgehead atoms. The van der Waals surface area contributed by atoms with Crippen LogP contribution in [0, 0.1) is 0 Å². The van der Waals surface area contributed by atoms with Gasteiger partial charge in [-0.2, -0.15) is 5.10 Å². The van der Waals surface area contributed by atoms with E-state index in [0.717, 1.165) is 44.2 Å². The Morgan fingerprint density at radius 2 is 0.610 bits per heavy atom. The summed E-state index contributed by atoms with van der Waals surface area (Å²) < 4.78 is 4.72. The van der Waals surface area contributed by atoms with Gasteiger partial charge in [-0.05, 0) is 138 Å². The van der Waals surface area contributed by atoms with E-state index in [2.05, 4.69) is 286 Å². The van der Waals surface area contributed by atoms with Crippen molar-refractivity contribution in [3.63, 3.8) is 0 Å².